The molecule has 28 heavy (non-hydrogen) atoms. The van der Waals surface area contributed by atoms with Crippen LogP contribution < -0.4 is 11.2 Å². The van der Waals surface area contributed by atoms with Crippen LogP contribution in [0.5, 0.6) is 0 Å². The Balaban J connectivity index is 2.51. The van der Waals surface area contributed by atoms with Gasteiger partial charge >= 0.3 is 23.6 Å². The largest absolute Gasteiger partial charge is 0.463 e. The fraction of sp³-hybridized carbons (Fsp3) is 0.500. The van der Waals surface area contributed by atoms with Crippen molar-refractivity contribution in [2.75, 3.05) is 6.61 Å². The van der Waals surface area contributed by atoms with Crippen molar-refractivity contribution in [1.82, 2.24) is 9.55 Å². The van der Waals surface area contributed by atoms with Crippen LogP contribution in [0.25, 0.3) is 0 Å². The Bertz CT molecular complexity index is 942. The van der Waals surface area contributed by atoms with E-state index in [1.54, 1.807) is 6.19 Å². The predicted molar refractivity (Wildman–Crippen MR) is 87.7 cm³/mol. The minimum Gasteiger partial charge on any atom is -0.463 e. The Kier molecular flexibility index (Phi) is 6.32. The Labute approximate surface area is 157 Å². The number of aromatic nitrogens is 2. The summed E-state index contributed by atoms with van der Waals surface area (Å²) >= 11 is 0. The number of carbonyl (C=O) groups excluding carboxylic acids is 3. The summed E-state index contributed by atoms with van der Waals surface area (Å²) in [5, 5.41) is 8.99. The molecular formula is C16H17N3O9. The smallest absolute Gasteiger partial charge is 0.341 e. The standard InChI is InChI=1S/C16H17N3O9/c1-7(20)25-5-11-13(26-8(2)21)14(27-9(3)22)12(28-11)10-4-19(6-17)16(24)18-15(10)23/h4,11-14H,5H2,1-3H3,(H,18,23,24)/t11-,12+,13?,14?/m1/s1. The van der Waals surface area contributed by atoms with Crippen molar-refractivity contribution in [1.29, 1.82) is 5.26 Å². The summed E-state index contributed by atoms with van der Waals surface area (Å²) in [4.78, 5) is 59.9. The van der Waals surface area contributed by atoms with Crippen LogP contribution in [0.15, 0.2) is 15.8 Å². The second kappa shape index (κ2) is 8.49. The second-order valence-electron chi connectivity index (χ2n) is 5.86. The number of carbonyl (C=O) groups is 3. The van der Waals surface area contributed by atoms with E-state index in [-0.39, 0.29) is 12.2 Å². The van der Waals surface area contributed by atoms with E-state index in [1.165, 1.54) is 0 Å². The predicted octanol–water partition coefficient (Wildman–Crippen LogP) is -1.27. The van der Waals surface area contributed by atoms with Crippen LogP contribution in [0.2, 0.25) is 0 Å². The summed E-state index contributed by atoms with van der Waals surface area (Å²) < 4.78 is 21.4. The molecule has 1 N–H and O–H groups in total. The zero-order valence-electron chi connectivity index (χ0n) is 15.2. The highest BCUT2D eigenvalue weighted by Crippen LogP contribution is 2.36. The van der Waals surface area contributed by atoms with E-state index in [9.17, 15) is 24.0 Å². The lowest BCUT2D eigenvalue weighted by molar-refractivity contribution is -0.165. The number of hydrogen-bond acceptors (Lipinski definition) is 10. The highest BCUT2D eigenvalue weighted by atomic mass is 16.6. The molecule has 1 aliphatic rings. The first-order chi connectivity index (χ1) is 13.1. The number of H-pyrrole nitrogens is 1. The van der Waals surface area contributed by atoms with Crippen molar-refractivity contribution in [3.8, 4) is 6.19 Å². The Morgan fingerprint density at radius 3 is 2.29 bits per heavy atom. The van der Waals surface area contributed by atoms with Crippen LogP contribution in [0.1, 0.15) is 32.4 Å². The van der Waals surface area contributed by atoms with Crippen molar-refractivity contribution in [2.45, 2.75) is 45.2 Å². The zero-order chi connectivity index (χ0) is 21.0. The monoisotopic (exact) mass is 395 g/mol. The van der Waals surface area contributed by atoms with Crippen molar-refractivity contribution in [2.24, 2.45) is 0 Å². The molecule has 2 heterocycles. The lowest BCUT2D eigenvalue weighted by atomic mass is 10.0. The van der Waals surface area contributed by atoms with Crippen LogP contribution in [-0.4, -0.2) is 52.4 Å². The first-order valence-electron chi connectivity index (χ1n) is 8.03. The third kappa shape index (κ3) is 4.63. The van der Waals surface area contributed by atoms with Crippen molar-refractivity contribution in [3.05, 3.63) is 32.6 Å². The molecule has 12 heteroatoms. The van der Waals surface area contributed by atoms with Gasteiger partial charge in [-0.25, -0.2) is 9.36 Å². The molecule has 1 saturated heterocycles. The van der Waals surface area contributed by atoms with Gasteiger partial charge in [-0.05, 0) is 0 Å². The fourth-order valence-corrected chi connectivity index (χ4v) is 2.73. The molecule has 2 unspecified atom stereocenters. The molecule has 0 radical (unpaired) electrons. The third-order valence-electron chi connectivity index (χ3n) is 3.75. The van der Waals surface area contributed by atoms with Gasteiger partial charge in [-0.15, -0.1) is 0 Å². The van der Waals surface area contributed by atoms with Gasteiger partial charge in [0.25, 0.3) is 5.56 Å². The second-order valence-corrected chi connectivity index (χ2v) is 5.86. The molecule has 0 aromatic carbocycles. The number of aromatic amines is 1. The Morgan fingerprint density at radius 1 is 1.14 bits per heavy atom. The van der Waals surface area contributed by atoms with E-state index in [1.807, 2.05) is 4.98 Å². The molecule has 150 valence electrons. The van der Waals surface area contributed by atoms with Gasteiger partial charge in [0.15, 0.2) is 18.4 Å². The molecule has 1 aromatic rings. The van der Waals surface area contributed by atoms with Crippen molar-refractivity contribution >= 4 is 17.9 Å². The van der Waals surface area contributed by atoms with Crippen LogP contribution >= 0.6 is 0 Å². The first kappa shape index (κ1) is 20.8. The number of ether oxygens (including phenoxy) is 4. The third-order valence-corrected chi connectivity index (χ3v) is 3.75. The summed E-state index contributed by atoms with van der Waals surface area (Å²) in [6, 6.07) is 0. The maximum atomic E-state index is 12.2. The van der Waals surface area contributed by atoms with Crippen LogP contribution in [0.4, 0.5) is 0 Å². The fourth-order valence-electron chi connectivity index (χ4n) is 2.73. The van der Waals surface area contributed by atoms with Crippen LogP contribution in [0, 0.1) is 11.5 Å². The maximum Gasteiger partial charge on any atom is 0.341 e. The molecule has 1 aromatic heterocycles. The Morgan fingerprint density at radius 2 is 1.75 bits per heavy atom. The number of rotatable bonds is 5. The van der Waals surface area contributed by atoms with Gasteiger partial charge in [-0.2, -0.15) is 5.26 Å². The molecule has 0 amide bonds. The maximum absolute atomic E-state index is 12.2. The highest BCUT2D eigenvalue weighted by Gasteiger charge is 2.51. The number of nitrogens with zero attached hydrogens (tertiary/aromatic N) is 2. The lowest BCUT2D eigenvalue weighted by Gasteiger charge is -2.23. The van der Waals surface area contributed by atoms with Gasteiger partial charge in [-0.3, -0.25) is 24.2 Å². The number of nitriles is 1. The minimum atomic E-state index is -1.29. The molecule has 0 bridgehead atoms. The molecule has 1 aliphatic heterocycles. The number of hydrogen-bond donors (Lipinski definition) is 1. The first-order valence-corrected chi connectivity index (χ1v) is 8.03. The summed E-state index contributed by atoms with van der Waals surface area (Å²) in [5.41, 5.74) is -2.06. The molecule has 2 rings (SSSR count). The molecule has 12 nitrogen and oxygen atoms in total. The van der Waals surface area contributed by atoms with Crippen molar-refractivity contribution in [3.63, 3.8) is 0 Å². The molecule has 1 fully saturated rings. The molecule has 0 saturated carbocycles. The van der Waals surface area contributed by atoms with E-state index in [2.05, 4.69) is 0 Å². The average molecular weight is 395 g/mol. The van der Waals surface area contributed by atoms with Crippen molar-refractivity contribution < 1.29 is 33.3 Å². The van der Waals surface area contributed by atoms with Gasteiger partial charge in [0.05, 0.1) is 5.56 Å². The molecule has 0 aliphatic carbocycles. The normalized spacial score (nSPS) is 23.5. The van der Waals surface area contributed by atoms with Gasteiger partial charge < -0.3 is 18.9 Å². The quantitative estimate of drug-likeness (QED) is 0.469. The molecule has 4 atom stereocenters. The van der Waals surface area contributed by atoms with E-state index in [0.717, 1.165) is 27.0 Å². The van der Waals surface area contributed by atoms with Crippen LogP contribution in [0.3, 0.4) is 0 Å². The van der Waals surface area contributed by atoms with Crippen LogP contribution in [-0.2, 0) is 33.3 Å². The summed E-state index contributed by atoms with van der Waals surface area (Å²) in [6.07, 6.45) is -2.36. The van der Waals surface area contributed by atoms with E-state index < -0.39 is 53.6 Å². The van der Waals surface area contributed by atoms with Gasteiger partial charge in [0.1, 0.15) is 18.8 Å². The topological polar surface area (TPSA) is 167 Å². The van der Waals surface area contributed by atoms with Gasteiger partial charge in [0, 0.05) is 27.0 Å². The number of nitrogens with one attached hydrogen (secondary N) is 1. The zero-order valence-corrected chi connectivity index (χ0v) is 15.2. The average Bonchev–Trinajstić information content (AvgIpc) is 2.89. The minimum absolute atomic E-state index is 0.213. The van der Waals surface area contributed by atoms with Gasteiger partial charge in [0.2, 0.25) is 0 Å². The van der Waals surface area contributed by atoms with E-state index >= 15 is 0 Å². The summed E-state index contributed by atoms with van der Waals surface area (Å²) in [7, 11) is 0. The van der Waals surface area contributed by atoms with E-state index in [4.69, 9.17) is 24.2 Å². The number of esters is 3. The SMILES string of the molecule is CC(=O)OC[C@H]1O[C@@H](c2cn(C#N)c(=O)[nH]c2=O)C(OC(C)=O)C1OC(C)=O. The van der Waals surface area contributed by atoms with E-state index in [0.29, 0.717) is 4.57 Å². The highest BCUT2D eigenvalue weighted by molar-refractivity contribution is 5.68. The summed E-state index contributed by atoms with van der Waals surface area (Å²) in [5.74, 6) is -2.11. The molecular weight excluding hydrogens is 378 g/mol. The Hall–Kier alpha value is -3.46. The lowest BCUT2D eigenvalue weighted by Crippen LogP contribution is -2.41. The summed E-state index contributed by atoms with van der Waals surface area (Å²) in [6.45, 7) is 3.02. The van der Waals surface area contributed by atoms with Gasteiger partial charge in [-0.1, -0.05) is 0 Å². The molecule has 0 spiro atoms.